The molecule has 78 valence electrons. The van der Waals surface area contributed by atoms with E-state index in [-0.39, 0.29) is 12.0 Å². The fourth-order valence-corrected chi connectivity index (χ4v) is 1.97. The number of halogens is 1. The molecule has 0 unspecified atom stereocenters. The molecule has 0 atom stereocenters. The molecule has 1 aromatic rings. The van der Waals surface area contributed by atoms with Crippen LogP contribution >= 0.6 is 22.9 Å². The largest absolute Gasteiger partial charge is 0.286 e. The van der Waals surface area contributed by atoms with Gasteiger partial charge < -0.3 is 0 Å². The first-order valence-electron chi connectivity index (χ1n) is 4.22. The molecule has 3 nitrogen and oxygen atoms in total. The summed E-state index contributed by atoms with van der Waals surface area (Å²) < 4.78 is 0. The molecule has 0 fully saturated rings. The van der Waals surface area contributed by atoms with E-state index in [1.54, 1.807) is 0 Å². The summed E-state index contributed by atoms with van der Waals surface area (Å²) in [5.74, 6) is -0.290. The van der Waals surface area contributed by atoms with Crippen LogP contribution in [0.5, 0.6) is 0 Å². The Morgan fingerprint density at radius 1 is 1.64 bits per heavy atom. The van der Waals surface area contributed by atoms with Gasteiger partial charge in [-0.2, -0.15) is 0 Å². The summed E-state index contributed by atoms with van der Waals surface area (Å²) in [6, 6.07) is 0. The Labute approximate surface area is 92.0 Å². The van der Waals surface area contributed by atoms with Gasteiger partial charge in [0.05, 0.1) is 11.1 Å². The maximum absolute atomic E-state index is 11.5. The fraction of sp³-hybridized carbons (Fsp3) is 0.444. The molecule has 5 heteroatoms. The summed E-state index contributed by atoms with van der Waals surface area (Å²) in [5, 5.41) is 2.34. The molecule has 0 bridgehead atoms. The fourth-order valence-electron chi connectivity index (χ4n) is 0.801. The number of carbonyl (C=O) groups excluding carboxylic acids is 1. The van der Waals surface area contributed by atoms with Gasteiger partial charge in [0, 0.05) is 0 Å². The first-order chi connectivity index (χ1) is 6.52. The number of nitrogens with one attached hydrogen (secondary N) is 1. The van der Waals surface area contributed by atoms with Crippen molar-refractivity contribution in [3.8, 4) is 0 Å². The van der Waals surface area contributed by atoms with Crippen molar-refractivity contribution in [2.24, 2.45) is 0 Å². The van der Waals surface area contributed by atoms with Crippen LogP contribution in [0.25, 0.3) is 0 Å². The molecule has 1 N–H and O–H groups in total. The molecule has 1 rings (SSSR count). The lowest BCUT2D eigenvalue weighted by Gasteiger charge is -2.07. The SMILES string of the molecule is Cc1csc(C(=O)NOC(C)C)c1Cl. The van der Waals surface area contributed by atoms with Crippen LogP contribution in [0.2, 0.25) is 5.02 Å². The van der Waals surface area contributed by atoms with Gasteiger partial charge in [-0.3, -0.25) is 9.63 Å². The standard InChI is InChI=1S/C9H12ClNO2S/c1-5(2)13-11-9(12)8-7(10)6(3)4-14-8/h4-5H,1-3H3,(H,11,12). The molecule has 14 heavy (non-hydrogen) atoms. The van der Waals surface area contributed by atoms with E-state index in [0.29, 0.717) is 9.90 Å². The monoisotopic (exact) mass is 233 g/mol. The second-order valence-corrected chi connectivity index (χ2v) is 4.42. The third kappa shape index (κ3) is 2.70. The molecule has 1 heterocycles. The molecule has 0 aliphatic rings. The lowest BCUT2D eigenvalue weighted by molar-refractivity contribution is 0.000472. The zero-order valence-corrected chi connectivity index (χ0v) is 9.83. The van der Waals surface area contributed by atoms with Crippen molar-refractivity contribution in [2.45, 2.75) is 26.9 Å². The third-order valence-corrected chi connectivity index (χ3v) is 3.19. The molecular formula is C9H12ClNO2S. The van der Waals surface area contributed by atoms with Crippen molar-refractivity contribution in [3.63, 3.8) is 0 Å². The minimum atomic E-state index is -0.290. The van der Waals surface area contributed by atoms with Gasteiger partial charge in [-0.05, 0) is 31.7 Å². The Morgan fingerprint density at radius 2 is 2.29 bits per heavy atom. The minimum absolute atomic E-state index is 0.0428. The normalized spacial score (nSPS) is 10.6. The van der Waals surface area contributed by atoms with Crippen molar-refractivity contribution < 1.29 is 9.63 Å². The lowest BCUT2D eigenvalue weighted by Crippen LogP contribution is -2.26. The van der Waals surface area contributed by atoms with Gasteiger partial charge in [-0.25, -0.2) is 5.48 Å². The summed E-state index contributed by atoms with van der Waals surface area (Å²) in [4.78, 5) is 16.9. The van der Waals surface area contributed by atoms with Gasteiger partial charge in [-0.15, -0.1) is 11.3 Å². The second-order valence-electron chi connectivity index (χ2n) is 3.16. The summed E-state index contributed by atoms with van der Waals surface area (Å²) in [6.45, 7) is 5.53. The van der Waals surface area contributed by atoms with Crippen LogP contribution in [0, 0.1) is 6.92 Å². The topological polar surface area (TPSA) is 38.3 Å². The molecule has 0 spiro atoms. The predicted molar refractivity (Wildman–Crippen MR) is 57.8 cm³/mol. The average Bonchev–Trinajstić information content (AvgIpc) is 2.44. The lowest BCUT2D eigenvalue weighted by atomic mass is 10.3. The molecule has 0 aliphatic heterocycles. The molecule has 0 aliphatic carbocycles. The van der Waals surface area contributed by atoms with E-state index in [1.807, 2.05) is 26.2 Å². The zero-order valence-electron chi connectivity index (χ0n) is 8.26. The molecule has 1 amide bonds. The van der Waals surface area contributed by atoms with Gasteiger partial charge in [-0.1, -0.05) is 11.6 Å². The van der Waals surface area contributed by atoms with E-state index in [1.165, 1.54) is 11.3 Å². The summed E-state index contributed by atoms with van der Waals surface area (Å²) in [7, 11) is 0. The van der Waals surface area contributed by atoms with E-state index in [9.17, 15) is 4.79 Å². The molecule has 0 radical (unpaired) electrons. The van der Waals surface area contributed by atoms with Crippen LogP contribution < -0.4 is 5.48 Å². The summed E-state index contributed by atoms with van der Waals surface area (Å²) in [6.07, 6.45) is -0.0428. The van der Waals surface area contributed by atoms with Crippen molar-refractivity contribution in [3.05, 3.63) is 20.8 Å². The minimum Gasteiger partial charge on any atom is -0.271 e. The van der Waals surface area contributed by atoms with E-state index in [4.69, 9.17) is 16.4 Å². The Bertz CT molecular complexity index is 336. The number of aryl methyl sites for hydroxylation is 1. The van der Waals surface area contributed by atoms with Crippen molar-refractivity contribution in [2.75, 3.05) is 0 Å². The Kier molecular flexibility index (Phi) is 3.92. The maximum Gasteiger partial charge on any atom is 0.286 e. The number of hydrogen-bond acceptors (Lipinski definition) is 3. The Hall–Kier alpha value is -0.580. The van der Waals surface area contributed by atoms with E-state index < -0.39 is 0 Å². The van der Waals surface area contributed by atoms with Crippen LogP contribution in [0.4, 0.5) is 0 Å². The number of thiophene rings is 1. The van der Waals surface area contributed by atoms with Crippen LogP contribution in [-0.2, 0) is 4.84 Å². The Morgan fingerprint density at radius 3 is 2.71 bits per heavy atom. The molecular weight excluding hydrogens is 222 g/mol. The van der Waals surface area contributed by atoms with E-state index in [2.05, 4.69) is 5.48 Å². The highest BCUT2D eigenvalue weighted by molar-refractivity contribution is 7.13. The van der Waals surface area contributed by atoms with Crippen molar-refractivity contribution in [1.29, 1.82) is 0 Å². The molecule has 0 saturated heterocycles. The number of hydroxylamine groups is 1. The molecule has 1 aromatic heterocycles. The van der Waals surface area contributed by atoms with Crippen molar-refractivity contribution in [1.82, 2.24) is 5.48 Å². The summed E-state index contributed by atoms with van der Waals surface area (Å²) in [5.41, 5.74) is 3.25. The number of hydrogen-bond donors (Lipinski definition) is 1. The van der Waals surface area contributed by atoms with Crippen LogP contribution in [0.15, 0.2) is 5.38 Å². The Balaban J connectivity index is 2.66. The van der Waals surface area contributed by atoms with E-state index in [0.717, 1.165) is 5.56 Å². The second kappa shape index (κ2) is 4.77. The van der Waals surface area contributed by atoms with Crippen LogP contribution in [0.1, 0.15) is 29.1 Å². The number of carbonyl (C=O) groups is 1. The van der Waals surface area contributed by atoms with E-state index >= 15 is 0 Å². The smallest absolute Gasteiger partial charge is 0.271 e. The number of amides is 1. The van der Waals surface area contributed by atoms with Crippen LogP contribution in [0.3, 0.4) is 0 Å². The predicted octanol–water partition coefficient (Wildman–Crippen LogP) is 2.78. The van der Waals surface area contributed by atoms with Crippen molar-refractivity contribution >= 4 is 28.8 Å². The third-order valence-electron chi connectivity index (χ3n) is 1.49. The molecule has 0 aromatic carbocycles. The highest BCUT2D eigenvalue weighted by Gasteiger charge is 2.14. The first kappa shape index (κ1) is 11.5. The van der Waals surface area contributed by atoms with Gasteiger partial charge in [0.25, 0.3) is 5.91 Å². The highest BCUT2D eigenvalue weighted by atomic mass is 35.5. The highest BCUT2D eigenvalue weighted by Crippen LogP contribution is 2.26. The first-order valence-corrected chi connectivity index (χ1v) is 5.47. The summed E-state index contributed by atoms with van der Waals surface area (Å²) >= 11 is 7.22. The molecule has 0 saturated carbocycles. The van der Waals surface area contributed by atoms with Gasteiger partial charge in [0.15, 0.2) is 0 Å². The zero-order chi connectivity index (χ0) is 10.7. The van der Waals surface area contributed by atoms with Gasteiger partial charge in [0.2, 0.25) is 0 Å². The number of rotatable bonds is 3. The van der Waals surface area contributed by atoms with Gasteiger partial charge in [0.1, 0.15) is 4.88 Å². The average molecular weight is 234 g/mol. The van der Waals surface area contributed by atoms with Gasteiger partial charge >= 0.3 is 0 Å². The maximum atomic E-state index is 11.5. The van der Waals surface area contributed by atoms with Crippen LogP contribution in [-0.4, -0.2) is 12.0 Å². The quantitative estimate of drug-likeness (QED) is 0.816.